The molecule has 1 fully saturated rings. The Morgan fingerprint density at radius 2 is 1.91 bits per heavy atom. The summed E-state index contributed by atoms with van der Waals surface area (Å²) in [6, 6.07) is 8.42. The molecule has 9 heteroatoms. The summed E-state index contributed by atoms with van der Waals surface area (Å²) in [7, 11) is 0. The van der Waals surface area contributed by atoms with Crippen LogP contribution in [-0.2, 0) is 24.1 Å². The minimum Gasteiger partial charge on any atom is -0.488 e. The van der Waals surface area contributed by atoms with E-state index in [4.69, 9.17) is 4.74 Å². The molecule has 0 unspecified atom stereocenters. The Bertz CT molecular complexity index is 1620. The Morgan fingerprint density at radius 1 is 1.13 bits per heavy atom. The standard InChI is InChI=1S/C36H36F4N2O3/c1-4-5-6-10-24(2)31-12-9-11-27(25(31)3)14-15-28-19-34(45-23-26-17-30(37)21-41-20-26)29(18-32(28)36(38,39)40)22-42-16-8-7-13-33(42)35(43)44/h4-6,9-12,14-15,17-21,33H,1,7-8,13,16,22-23H2,2-3H3,(H,43,44)/b6-5-,15-14+,24-10+/t33-/m0/s1. The van der Waals surface area contributed by atoms with Crippen molar-refractivity contribution in [2.24, 2.45) is 0 Å². The van der Waals surface area contributed by atoms with E-state index in [9.17, 15) is 27.5 Å². The summed E-state index contributed by atoms with van der Waals surface area (Å²) in [5.74, 6) is -1.43. The molecule has 1 saturated heterocycles. The van der Waals surface area contributed by atoms with Gasteiger partial charge in [0.15, 0.2) is 0 Å². The molecule has 3 aromatic rings. The lowest BCUT2D eigenvalue weighted by Crippen LogP contribution is -2.44. The number of ether oxygens (including phenoxy) is 1. The molecule has 1 atom stereocenters. The third kappa shape index (κ3) is 8.79. The molecule has 1 aliphatic rings. The third-order valence-electron chi connectivity index (χ3n) is 7.80. The van der Waals surface area contributed by atoms with E-state index in [0.717, 1.165) is 47.4 Å². The van der Waals surface area contributed by atoms with E-state index in [2.05, 4.69) is 11.6 Å². The highest BCUT2D eigenvalue weighted by Crippen LogP contribution is 2.38. The Balaban J connectivity index is 1.77. The number of likely N-dealkylation sites (tertiary alicyclic amines) is 1. The lowest BCUT2D eigenvalue weighted by atomic mass is 9.95. The molecule has 1 aromatic heterocycles. The Kier molecular flexibility index (Phi) is 11.1. The summed E-state index contributed by atoms with van der Waals surface area (Å²) in [5, 5.41) is 9.76. The predicted octanol–water partition coefficient (Wildman–Crippen LogP) is 8.88. The quantitative estimate of drug-likeness (QED) is 0.132. The van der Waals surface area contributed by atoms with Crippen molar-refractivity contribution in [1.29, 1.82) is 0 Å². The fourth-order valence-electron chi connectivity index (χ4n) is 5.47. The first-order valence-corrected chi connectivity index (χ1v) is 14.6. The van der Waals surface area contributed by atoms with Gasteiger partial charge in [0.1, 0.15) is 24.2 Å². The predicted molar refractivity (Wildman–Crippen MR) is 169 cm³/mol. The smallest absolute Gasteiger partial charge is 0.417 e. The second kappa shape index (κ2) is 15.0. The zero-order chi connectivity index (χ0) is 32.6. The highest BCUT2D eigenvalue weighted by Gasteiger charge is 2.35. The zero-order valence-electron chi connectivity index (χ0n) is 25.3. The number of hydrogen-bond acceptors (Lipinski definition) is 4. The van der Waals surface area contributed by atoms with Gasteiger partial charge in [-0.2, -0.15) is 13.2 Å². The number of alkyl halides is 3. The number of carboxylic acid groups (broad SMARTS) is 1. The van der Waals surface area contributed by atoms with Crippen molar-refractivity contribution in [3.05, 3.63) is 124 Å². The lowest BCUT2D eigenvalue weighted by Gasteiger charge is -2.33. The second-order valence-corrected chi connectivity index (χ2v) is 11.0. The van der Waals surface area contributed by atoms with E-state index in [1.807, 2.05) is 50.3 Å². The largest absolute Gasteiger partial charge is 0.488 e. The summed E-state index contributed by atoms with van der Waals surface area (Å²) in [6.07, 6.45) is 9.97. The van der Waals surface area contributed by atoms with E-state index in [0.29, 0.717) is 18.5 Å². The van der Waals surface area contributed by atoms with Crippen molar-refractivity contribution in [3.63, 3.8) is 0 Å². The second-order valence-electron chi connectivity index (χ2n) is 11.0. The maximum Gasteiger partial charge on any atom is 0.417 e. The third-order valence-corrected chi connectivity index (χ3v) is 7.80. The molecule has 2 aromatic carbocycles. The summed E-state index contributed by atoms with van der Waals surface area (Å²) in [4.78, 5) is 17.4. The minimum atomic E-state index is -4.69. The molecule has 0 amide bonds. The van der Waals surface area contributed by atoms with Gasteiger partial charge >= 0.3 is 12.1 Å². The van der Waals surface area contributed by atoms with Crippen molar-refractivity contribution in [2.45, 2.75) is 58.5 Å². The van der Waals surface area contributed by atoms with Crippen LogP contribution in [0.1, 0.15) is 65.1 Å². The zero-order valence-corrected chi connectivity index (χ0v) is 25.3. The number of aromatic nitrogens is 1. The van der Waals surface area contributed by atoms with E-state index >= 15 is 0 Å². The monoisotopic (exact) mass is 620 g/mol. The molecule has 2 heterocycles. The van der Waals surface area contributed by atoms with E-state index in [1.54, 1.807) is 17.1 Å². The van der Waals surface area contributed by atoms with Crippen molar-refractivity contribution in [1.82, 2.24) is 9.88 Å². The van der Waals surface area contributed by atoms with Crippen LogP contribution in [-0.4, -0.2) is 33.5 Å². The molecular formula is C36H36F4N2O3. The molecule has 4 rings (SSSR count). The number of rotatable bonds is 11. The average Bonchev–Trinajstić information content (AvgIpc) is 3.00. The van der Waals surface area contributed by atoms with Crippen LogP contribution >= 0.6 is 0 Å². The van der Waals surface area contributed by atoms with Gasteiger partial charge in [0.2, 0.25) is 0 Å². The minimum absolute atomic E-state index is 0.0478. The first-order valence-electron chi connectivity index (χ1n) is 14.6. The fraction of sp³-hybridized carbons (Fsp3) is 0.278. The van der Waals surface area contributed by atoms with E-state index in [1.165, 1.54) is 24.4 Å². The maximum atomic E-state index is 14.5. The molecule has 1 N–H and O–H groups in total. The van der Waals surface area contributed by atoms with Crippen LogP contribution in [0.3, 0.4) is 0 Å². The number of carboxylic acids is 1. The highest BCUT2D eigenvalue weighted by atomic mass is 19.4. The van der Waals surface area contributed by atoms with Gasteiger partial charge in [0.25, 0.3) is 0 Å². The molecule has 0 aliphatic carbocycles. The number of carbonyl (C=O) groups is 1. The molecule has 0 bridgehead atoms. The summed E-state index contributed by atoms with van der Waals surface area (Å²) in [5.41, 5.74) is 3.22. The van der Waals surface area contributed by atoms with Gasteiger partial charge in [0, 0.05) is 23.9 Å². The topological polar surface area (TPSA) is 62.7 Å². The molecule has 0 radical (unpaired) electrons. The first-order chi connectivity index (χ1) is 21.5. The van der Waals surface area contributed by atoms with E-state index in [-0.39, 0.29) is 30.0 Å². The van der Waals surface area contributed by atoms with Crippen LogP contribution in [0.25, 0.3) is 17.7 Å². The van der Waals surface area contributed by atoms with Crippen LogP contribution in [0.5, 0.6) is 5.75 Å². The molecule has 45 heavy (non-hydrogen) atoms. The van der Waals surface area contributed by atoms with Gasteiger partial charge in [-0.3, -0.25) is 14.7 Å². The van der Waals surface area contributed by atoms with Gasteiger partial charge in [0.05, 0.1) is 11.8 Å². The summed E-state index contributed by atoms with van der Waals surface area (Å²) >= 11 is 0. The molecule has 5 nitrogen and oxygen atoms in total. The molecular weight excluding hydrogens is 584 g/mol. The normalized spacial score (nSPS) is 16.4. The summed E-state index contributed by atoms with van der Waals surface area (Å²) < 4.78 is 63.3. The van der Waals surface area contributed by atoms with Crippen LogP contribution in [0.2, 0.25) is 0 Å². The summed E-state index contributed by atoms with van der Waals surface area (Å²) in [6.45, 7) is 7.78. The van der Waals surface area contributed by atoms with Crippen LogP contribution in [0.15, 0.2) is 79.7 Å². The van der Waals surface area contributed by atoms with Gasteiger partial charge in [-0.05, 0) is 79.3 Å². The van der Waals surface area contributed by atoms with Crippen LogP contribution in [0.4, 0.5) is 17.6 Å². The highest BCUT2D eigenvalue weighted by molar-refractivity contribution is 5.78. The number of piperidine rings is 1. The molecule has 0 saturated carbocycles. The van der Waals surface area contributed by atoms with Gasteiger partial charge < -0.3 is 9.84 Å². The molecule has 236 valence electrons. The number of hydrogen-bond donors (Lipinski definition) is 1. The van der Waals surface area contributed by atoms with Crippen molar-refractivity contribution in [2.75, 3.05) is 6.54 Å². The maximum absolute atomic E-state index is 14.5. The number of nitrogens with zero attached hydrogens (tertiary/aromatic N) is 2. The van der Waals surface area contributed by atoms with Crippen molar-refractivity contribution >= 4 is 23.7 Å². The number of aliphatic carboxylic acids is 1. The number of pyridine rings is 1. The van der Waals surface area contributed by atoms with Gasteiger partial charge in [-0.1, -0.05) is 67.7 Å². The Labute approximate surface area is 260 Å². The Morgan fingerprint density at radius 3 is 2.62 bits per heavy atom. The van der Waals surface area contributed by atoms with E-state index < -0.39 is 29.6 Å². The Hall–Kier alpha value is -4.50. The SMILES string of the molecule is C=C/C=C\C=C(/C)c1cccc(/C=C/c2cc(OCc3cncc(F)c3)c(CN3CCCC[C@H]3C(=O)O)cc2C(F)(F)F)c1C. The fourth-order valence-corrected chi connectivity index (χ4v) is 5.47. The van der Waals surface area contributed by atoms with Crippen LogP contribution in [0, 0.1) is 12.7 Å². The average molecular weight is 621 g/mol. The van der Waals surface area contributed by atoms with Crippen LogP contribution < -0.4 is 4.74 Å². The van der Waals surface area contributed by atoms with Crippen molar-refractivity contribution < 1.29 is 32.2 Å². The van der Waals surface area contributed by atoms with Gasteiger partial charge in [-0.25, -0.2) is 4.39 Å². The molecule has 1 aliphatic heterocycles. The van der Waals surface area contributed by atoms with Gasteiger partial charge in [-0.15, -0.1) is 0 Å². The number of halogens is 4. The number of benzene rings is 2. The molecule has 0 spiro atoms. The van der Waals surface area contributed by atoms with Crippen molar-refractivity contribution in [3.8, 4) is 5.75 Å². The number of allylic oxidation sites excluding steroid dienone is 5. The lowest BCUT2D eigenvalue weighted by molar-refractivity contribution is -0.145. The first kappa shape index (κ1) is 33.4.